The first-order valence-corrected chi connectivity index (χ1v) is 12.4. The summed E-state index contributed by atoms with van der Waals surface area (Å²) in [4.78, 5) is 16.3. The lowest BCUT2D eigenvalue weighted by atomic mass is 9.90. The van der Waals surface area contributed by atoms with Crippen LogP contribution >= 0.6 is 0 Å². The van der Waals surface area contributed by atoms with Crippen LogP contribution in [0, 0.1) is 17.2 Å². The minimum Gasteiger partial charge on any atom is -0.316 e. The van der Waals surface area contributed by atoms with E-state index in [1.165, 1.54) is 25.2 Å². The second kappa shape index (κ2) is 9.62. The molecule has 7 nitrogen and oxygen atoms in total. The van der Waals surface area contributed by atoms with Crippen molar-refractivity contribution in [2.45, 2.75) is 44.2 Å². The summed E-state index contributed by atoms with van der Waals surface area (Å²) in [5.74, 6) is -5.98. The Labute approximate surface area is 225 Å². The van der Waals surface area contributed by atoms with Gasteiger partial charge in [-0.25, -0.2) is 4.39 Å². The molecule has 0 aliphatic carbocycles. The minimum atomic E-state index is -4.76. The number of rotatable bonds is 6. The minimum absolute atomic E-state index is 0.0255. The number of nitriles is 1. The van der Waals surface area contributed by atoms with Crippen LogP contribution in [-0.2, 0) is 37.9 Å². The summed E-state index contributed by atoms with van der Waals surface area (Å²) in [6, 6.07) is 9.33. The number of carbonyl (C=O) groups is 1. The van der Waals surface area contributed by atoms with E-state index in [1.54, 1.807) is 0 Å². The van der Waals surface area contributed by atoms with Crippen molar-refractivity contribution in [3.8, 4) is 6.07 Å². The molecule has 2 aliphatic heterocycles. The lowest BCUT2D eigenvalue weighted by Crippen LogP contribution is -2.39. The van der Waals surface area contributed by atoms with E-state index in [0.717, 1.165) is 34.0 Å². The van der Waals surface area contributed by atoms with Crippen molar-refractivity contribution < 1.29 is 31.1 Å². The van der Waals surface area contributed by atoms with Crippen LogP contribution in [0.2, 0.25) is 0 Å². The third-order valence-corrected chi connectivity index (χ3v) is 7.55. The van der Waals surface area contributed by atoms with E-state index in [2.05, 4.69) is 16.3 Å². The Kier molecular flexibility index (Phi) is 6.65. The number of anilines is 1. The summed E-state index contributed by atoms with van der Waals surface area (Å²) in [7, 11) is 1.24. The Hall–Kier alpha value is -3.92. The fourth-order valence-electron chi connectivity index (χ4n) is 5.29. The third kappa shape index (κ3) is 4.60. The van der Waals surface area contributed by atoms with Crippen molar-refractivity contribution in [2.24, 2.45) is 13.0 Å². The zero-order valence-electron chi connectivity index (χ0n) is 21.5. The molecule has 3 aromatic rings. The molecule has 1 fully saturated rings. The average Bonchev–Trinajstić information content (AvgIpc) is 3.62. The zero-order valence-corrected chi connectivity index (χ0v) is 21.5. The van der Waals surface area contributed by atoms with Crippen molar-refractivity contribution in [3.63, 3.8) is 0 Å². The molecule has 40 heavy (non-hydrogen) atoms. The van der Waals surface area contributed by atoms with Crippen molar-refractivity contribution in [2.75, 3.05) is 18.0 Å². The van der Waals surface area contributed by atoms with Gasteiger partial charge >= 0.3 is 12.1 Å². The summed E-state index contributed by atoms with van der Waals surface area (Å²) in [6.45, 7) is 1.31. The molecule has 1 aromatic heterocycles. The molecule has 0 N–H and O–H groups in total. The number of halogens is 6. The largest absolute Gasteiger partial charge is 0.416 e. The highest BCUT2D eigenvalue weighted by Crippen LogP contribution is 2.48. The van der Waals surface area contributed by atoms with Gasteiger partial charge in [0.1, 0.15) is 6.33 Å². The first kappa shape index (κ1) is 27.6. The molecule has 0 spiro atoms. The maximum Gasteiger partial charge on any atom is 0.416 e. The molecule has 5 rings (SSSR count). The number of hydrogen-bond donors (Lipinski definition) is 0. The standard InChI is InChI=1S/C27H24F6N6O/c1-25(28,26(29,30)24-36-35-15-37(24)2)18-4-3-5-19(10-18)39-14-21-20(23(39)40)8-17(9-22(21)27(31,32)33)13-38-7-6-16(11-34)12-38/h3-5,8-10,15-16H,6-7,12-14H2,1-2H3/t16-,25?/m0/s1. The van der Waals surface area contributed by atoms with Crippen LogP contribution in [0.4, 0.5) is 32.0 Å². The van der Waals surface area contributed by atoms with Crippen LogP contribution in [0.1, 0.15) is 51.8 Å². The summed E-state index contributed by atoms with van der Waals surface area (Å²) in [5, 5.41) is 15.9. The predicted molar refractivity (Wildman–Crippen MR) is 131 cm³/mol. The van der Waals surface area contributed by atoms with Gasteiger partial charge in [0.15, 0.2) is 0 Å². The van der Waals surface area contributed by atoms with E-state index in [4.69, 9.17) is 5.26 Å². The van der Waals surface area contributed by atoms with Gasteiger partial charge in [-0.15, -0.1) is 10.2 Å². The van der Waals surface area contributed by atoms with E-state index in [1.807, 2.05) is 4.90 Å². The normalized spacial score (nSPS) is 19.5. The van der Waals surface area contributed by atoms with Crippen LogP contribution in [0.15, 0.2) is 42.7 Å². The van der Waals surface area contributed by atoms with Gasteiger partial charge in [-0.2, -0.15) is 27.2 Å². The number of nitrogens with zero attached hydrogens (tertiary/aromatic N) is 6. The SMILES string of the molecule is Cn1cnnc1C(F)(F)C(C)(F)c1cccc(N2Cc3c(cc(CN4CC[C@@H](C#N)C4)cc3C(F)(F)F)C2=O)c1. The molecule has 0 bridgehead atoms. The smallest absolute Gasteiger partial charge is 0.316 e. The quantitative estimate of drug-likeness (QED) is 0.381. The maximum absolute atomic E-state index is 15.8. The average molecular weight is 563 g/mol. The maximum atomic E-state index is 15.8. The molecule has 1 amide bonds. The van der Waals surface area contributed by atoms with E-state index >= 15 is 13.2 Å². The van der Waals surface area contributed by atoms with Gasteiger partial charge in [-0.1, -0.05) is 12.1 Å². The second-order valence-electron chi connectivity index (χ2n) is 10.3. The van der Waals surface area contributed by atoms with Crippen LogP contribution in [0.5, 0.6) is 0 Å². The van der Waals surface area contributed by atoms with Gasteiger partial charge in [0.25, 0.3) is 5.91 Å². The Balaban J connectivity index is 1.48. The number of fused-ring (bicyclic) bond motifs is 1. The summed E-state index contributed by atoms with van der Waals surface area (Å²) in [5.41, 5.74) is -4.89. The number of benzene rings is 2. The Morgan fingerprint density at radius 3 is 2.50 bits per heavy atom. The Morgan fingerprint density at radius 2 is 1.88 bits per heavy atom. The van der Waals surface area contributed by atoms with Gasteiger partial charge < -0.3 is 9.47 Å². The lowest BCUT2D eigenvalue weighted by molar-refractivity contribution is -0.149. The van der Waals surface area contributed by atoms with Crippen LogP contribution < -0.4 is 4.90 Å². The molecule has 2 aromatic carbocycles. The highest BCUT2D eigenvalue weighted by Gasteiger charge is 2.57. The molecule has 1 unspecified atom stereocenters. The van der Waals surface area contributed by atoms with E-state index in [-0.39, 0.29) is 34.8 Å². The number of hydrogen-bond acceptors (Lipinski definition) is 5. The molecule has 2 atom stereocenters. The Morgan fingerprint density at radius 1 is 1.12 bits per heavy atom. The van der Waals surface area contributed by atoms with Crippen molar-refractivity contribution >= 4 is 11.6 Å². The Bertz CT molecular complexity index is 1510. The summed E-state index contributed by atoms with van der Waals surface area (Å²) in [6.07, 6.45) is -3.14. The van der Waals surface area contributed by atoms with Gasteiger partial charge in [0.05, 0.1) is 24.1 Å². The first-order chi connectivity index (χ1) is 18.7. The number of alkyl halides is 6. The number of aromatic nitrogens is 3. The summed E-state index contributed by atoms with van der Waals surface area (Å²) < 4.78 is 89.4. The van der Waals surface area contributed by atoms with E-state index in [9.17, 15) is 18.0 Å². The third-order valence-electron chi connectivity index (χ3n) is 7.55. The van der Waals surface area contributed by atoms with E-state index < -0.39 is 47.2 Å². The predicted octanol–water partition coefficient (Wildman–Crippen LogP) is 5.32. The molecule has 210 valence electrons. The molecule has 0 radical (unpaired) electrons. The monoisotopic (exact) mass is 562 g/mol. The van der Waals surface area contributed by atoms with Crippen molar-refractivity contribution in [3.05, 3.63) is 76.4 Å². The van der Waals surface area contributed by atoms with Gasteiger partial charge in [0, 0.05) is 31.4 Å². The molecule has 2 aliphatic rings. The molecule has 0 saturated carbocycles. The number of carbonyl (C=O) groups excluding carboxylic acids is 1. The highest BCUT2D eigenvalue weighted by molar-refractivity contribution is 6.10. The topological polar surface area (TPSA) is 78.1 Å². The highest BCUT2D eigenvalue weighted by atomic mass is 19.4. The molecule has 13 heteroatoms. The molecular weight excluding hydrogens is 538 g/mol. The number of amides is 1. The lowest BCUT2D eigenvalue weighted by Gasteiger charge is -2.30. The fraction of sp³-hybridized carbons (Fsp3) is 0.407. The van der Waals surface area contributed by atoms with Crippen LogP contribution in [-0.4, -0.2) is 38.7 Å². The first-order valence-electron chi connectivity index (χ1n) is 12.4. The van der Waals surface area contributed by atoms with Crippen molar-refractivity contribution in [1.82, 2.24) is 19.7 Å². The van der Waals surface area contributed by atoms with Crippen molar-refractivity contribution in [1.29, 1.82) is 5.26 Å². The summed E-state index contributed by atoms with van der Waals surface area (Å²) >= 11 is 0. The molecule has 1 saturated heterocycles. The van der Waals surface area contributed by atoms with Gasteiger partial charge in [-0.3, -0.25) is 9.69 Å². The van der Waals surface area contributed by atoms with Gasteiger partial charge in [0.2, 0.25) is 11.5 Å². The van der Waals surface area contributed by atoms with Gasteiger partial charge in [-0.05, 0) is 60.8 Å². The van der Waals surface area contributed by atoms with Crippen LogP contribution in [0.25, 0.3) is 0 Å². The fourth-order valence-corrected chi connectivity index (χ4v) is 5.29. The van der Waals surface area contributed by atoms with Crippen LogP contribution in [0.3, 0.4) is 0 Å². The molecular formula is C27H24F6N6O. The second-order valence-corrected chi connectivity index (χ2v) is 10.3. The number of likely N-dealkylation sites (tertiary alicyclic amines) is 1. The number of aryl methyl sites for hydroxylation is 1. The molecule has 3 heterocycles. The zero-order chi connectivity index (χ0) is 29.0. The van der Waals surface area contributed by atoms with E-state index in [0.29, 0.717) is 26.4 Å².